The third-order valence-electron chi connectivity index (χ3n) is 5.89. The Hall–Kier alpha value is -4.17. The molecule has 4 aromatic carbocycles. The van der Waals surface area contributed by atoms with Crippen molar-refractivity contribution >= 4 is 12.0 Å². The van der Waals surface area contributed by atoms with Gasteiger partial charge in [-0.25, -0.2) is 4.79 Å². The number of hydrogen-bond acceptors (Lipinski definition) is 2. The van der Waals surface area contributed by atoms with Gasteiger partial charge in [0.15, 0.2) is 0 Å². The minimum absolute atomic E-state index is 0.371. The van der Waals surface area contributed by atoms with E-state index in [0.717, 1.165) is 18.4 Å². The number of ether oxygens (including phenoxy) is 1. The van der Waals surface area contributed by atoms with Gasteiger partial charge in [-0.2, -0.15) is 0 Å². The first-order chi connectivity index (χ1) is 16.7. The van der Waals surface area contributed by atoms with Crippen molar-refractivity contribution in [3.05, 3.63) is 127 Å². The Morgan fingerprint density at radius 2 is 1.18 bits per heavy atom. The average molecular weight is 445 g/mol. The van der Waals surface area contributed by atoms with Crippen LogP contribution in [0.5, 0.6) is 0 Å². The van der Waals surface area contributed by atoms with E-state index in [4.69, 9.17) is 4.74 Å². The molecule has 0 unspecified atom stereocenters. The Morgan fingerprint density at radius 1 is 0.676 bits per heavy atom. The zero-order chi connectivity index (χ0) is 23.8. The summed E-state index contributed by atoms with van der Waals surface area (Å²) >= 11 is 0. The van der Waals surface area contributed by atoms with Crippen molar-refractivity contribution in [2.75, 3.05) is 6.61 Å². The van der Waals surface area contributed by atoms with Gasteiger partial charge in [0, 0.05) is 6.08 Å². The molecule has 0 fully saturated rings. The van der Waals surface area contributed by atoms with Gasteiger partial charge in [-0.1, -0.05) is 116 Å². The average Bonchev–Trinajstić information content (AvgIpc) is 2.91. The lowest BCUT2D eigenvalue weighted by molar-refractivity contribution is -0.137. The Labute approximate surface area is 201 Å². The molecule has 168 valence electrons. The second kappa shape index (κ2) is 11.1. The molecule has 0 aliphatic heterocycles. The molecule has 0 heterocycles. The van der Waals surface area contributed by atoms with Crippen molar-refractivity contribution in [3.8, 4) is 33.4 Å². The predicted octanol–water partition coefficient (Wildman–Crippen LogP) is 7.99. The molecule has 0 aliphatic carbocycles. The highest BCUT2D eigenvalue weighted by molar-refractivity contribution is 5.91. The number of hydrogen-bond donors (Lipinski definition) is 0. The van der Waals surface area contributed by atoms with E-state index < -0.39 is 0 Å². The maximum absolute atomic E-state index is 11.2. The molecule has 0 aromatic heterocycles. The molecule has 0 bridgehead atoms. The molecule has 4 aromatic rings. The van der Waals surface area contributed by atoms with E-state index >= 15 is 0 Å². The molecule has 4 rings (SSSR count). The summed E-state index contributed by atoms with van der Waals surface area (Å²) in [5.74, 6) is -0.371. The summed E-state index contributed by atoms with van der Waals surface area (Å²) < 4.78 is 5.07. The third kappa shape index (κ3) is 5.41. The van der Waals surface area contributed by atoms with Crippen LogP contribution in [0.15, 0.2) is 116 Å². The predicted molar refractivity (Wildman–Crippen MR) is 142 cm³/mol. The van der Waals surface area contributed by atoms with Crippen LogP contribution in [0.3, 0.4) is 0 Å². The summed E-state index contributed by atoms with van der Waals surface area (Å²) in [6, 6.07) is 34.2. The second-order valence-corrected chi connectivity index (χ2v) is 8.09. The Morgan fingerprint density at radius 3 is 1.68 bits per heavy atom. The van der Waals surface area contributed by atoms with Crippen molar-refractivity contribution < 1.29 is 9.53 Å². The lowest BCUT2D eigenvalue weighted by atomic mass is 9.89. The van der Waals surface area contributed by atoms with E-state index in [0.29, 0.717) is 6.61 Å². The van der Waals surface area contributed by atoms with Gasteiger partial charge in [-0.15, -0.1) is 0 Å². The lowest BCUT2D eigenvalue weighted by Crippen LogP contribution is -2.02. The zero-order valence-corrected chi connectivity index (χ0v) is 19.2. The fraction of sp³-hybridized carbons (Fsp3) is 0.0938. The second-order valence-electron chi connectivity index (χ2n) is 8.09. The number of esters is 1. The topological polar surface area (TPSA) is 26.3 Å². The van der Waals surface area contributed by atoms with Crippen LogP contribution >= 0.6 is 0 Å². The summed E-state index contributed by atoms with van der Waals surface area (Å²) in [4.78, 5) is 11.2. The van der Waals surface area contributed by atoms with Gasteiger partial charge in [0.25, 0.3) is 0 Å². The van der Waals surface area contributed by atoms with Crippen LogP contribution in [0.2, 0.25) is 0 Å². The van der Waals surface area contributed by atoms with Gasteiger partial charge < -0.3 is 4.74 Å². The molecule has 0 spiro atoms. The highest BCUT2D eigenvalue weighted by atomic mass is 16.5. The molecular formula is C32H28O2. The van der Waals surface area contributed by atoms with E-state index in [1.165, 1.54) is 45.0 Å². The van der Waals surface area contributed by atoms with E-state index in [1.54, 1.807) is 0 Å². The first-order valence-corrected chi connectivity index (χ1v) is 11.5. The van der Waals surface area contributed by atoms with Gasteiger partial charge >= 0.3 is 5.97 Å². The standard InChI is InChI=1S/C32H28O2/c1-3-24-15-19-26(20-16-24)28-11-5-7-13-30(28)31-14-8-6-12-29(31)27-21-17-25(18-22-27)10-9-23-34-32(33)4-2/h3-8,11-22H,1-2,9-10,23H2. The van der Waals surface area contributed by atoms with Crippen LogP contribution < -0.4 is 0 Å². The fourth-order valence-electron chi connectivity index (χ4n) is 4.10. The van der Waals surface area contributed by atoms with Crippen molar-refractivity contribution in [2.24, 2.45) is 0 Å². The van der Waals surface area contributed by atoms with Crippen LogP contribution in [0.4, 0.5) is 0 Å². The number of carbonyl (C=O) groups excluding carboxylic acids is 1. The monoisotopic (exact) mass is 444 g/mol. The minimum atomic E-state index is -0.371. The fourth-order valence-corrected chi connectivity index (χ4v) is 4.10. The summed E-state index contributed by atoms with van der Waals surface area (Å²) in [6.07, 6.45) is 4.70. The third-order valence-corrected chi connectivity index (χ3v) is 5.89. The highest BCUT2D eigenvalue weighted by Gasteiger charge is 2.12. The number of rotatable bonds is 9. The van der Waals surface area contributed by atoms with Crippen LogP contribution in [0.1, 0.15) is 17.5 Å². The van der Waals surface area contributed by atoms with Crippen molar-refractivity contribution in [3.63, 3.8) is 0 Å². The van der Waals surface area contributed by atoms with Crippen molar-refractivity contribution in [2.45, 2.75) is 12.8 Å². The summed E-state index contributed by atoms with van der Waals surface area (Å²) in [7, 11) is 0. The van der Waals surface area contributed by atoms with Crippen LogP contribution in [-0.2, 0) is 16.0 Å². The van der Waals surface area contributed by atoms with Gasteiger partial charge in [0.2, 0.25) is 0 Å². The van der Waals surface area contributed by atoms with E-state index in [2.05, 4.69) is 110 Å². The minimum Gasteiger partial charge on any atom is -0.463 e. The van der Waals surface area contributed by atoms with Gasteiger partial charge in [0.1, 0.15) is 0 Å². The number of aryl methyl sites for hydroxylation is 1. The van der Waals surface area contributed by atoms with Crippen LogP contribution in [-0.4, -0.2) is 12.6 Å². The summed E-state index contributed by atoms with van der Waals surface area (Å²) in [5, 5.41) is 0. The molecule has 2 nitrogen and oxygen atoms in total. The first kappa shape index (κ1) is 23.0. The Kier molecular flexibility index (Phi) is 7.52. The highest BCUT2D eigenvalue weighted by Crippen LogP contribution is 2.38. The smallest absolute Gasteiger partial charge is 0.330 e. The molecule has 0 aliphatic rings. The molecule has 2 heteroatoms. The first-order valence-electron chi connectivity index (χ1n) is 11.5. The molecule has 0 N–H and O–H groups in total. The van der Waals surface area contributed by atoms with E-state index in [1.807, 2.05) is 6.08 Å². The molecule has 0 saturated heterocycles. The van der Waals surface area contributed by atoms with Gasteiger partial charge in [0.05, 0.1) is 6.61 Å². The molecule has 0 saturated carbocycles. The number of benzene rings is 4. The van der Waals surface area contributed by atoms with Crippen molar-refractivity contribution in [1.29, 1.82) is 0 Å². The normalized spacial score (nSPS) is 10.5. The number of carbonyl (C=O) groups is 1. The quantitative estimate of drug-likeness (QED) is 0.149. The lowest BCUT2D eigenvalue weighted by Gasteiger charge is -2.15. The van der Waals surface area contributed by atoms with E-state index in [9.17, 15) is 4.79 Å². The molecular weight excluding hydrogens is 416 g/mol. The molecule has 34 heavy (non-hydrogen) atoms. The van der Waals surface area contributed by atoms with Gasteiger partial charge in [-0.3, -0.25) is 0 Å². The van der Waals surface area contributed by atoms with Crippen LogP contribution in [0, 0.1) is 0 Å². The Bertz CT molecular complexity index is 1280. The SMILES string of the molecule is C=CC(=O)OCCCc1ccc(-c2ccccc2-c2ccccc2-c2ccc(C=C)cc2)cc1. The maximum atomic E-state index is 11.2. The van der Waals surface area contributed by atoms with Crippen molar-refractivity contribution in [1.82, 2.24) is 0 Å². The molecule has 0 atom stereocenters. The Balaban J connectivity index is 1.60. The van der Waals surface area contributed by atoms with E-state index in [-0.39, 0.29) is 5.97 Å². The molecule has 0 radical (unpaired) electrons. The summed E-state index contributed by atoms with van der Waals surface area (Å²) in [5.41, 5.74) is 9.50. The summed E-state index contributed by atoms with van der Waals surface area (Å²) in [6.45, 7) is 7.68. The molecule has 0 amide bonds. The van der Waals surface area contributed by atoms with Crippen LogP contribution in [0.25, 0.3) is 39.5 Å². The zero-order valence-electron chi connectivity index (χ0n) is 19.2. The largest absolute Gasteiger partial charge is 0.463 e. The maximum Gasteiger partial charge on any atom is 0.330 e. The van der Waals surface area contributed by atoms with Gasteiger partial charge in [-0.05, 0) is 57.3 Å².